The second-order valence-electron chi connectivity index (χ2n) is 6.74. The van der Waals surface area contributed by atoms with Crippen molar-refractivity contribution in [1.82, 2.24) is 4.98 Å². The van der Waals surface area contributed by atoms with Crippen molar-refractivity contribution in [3.8, 4) is 33.5 Å². The fourth-order valence-corrected chi connectivity index (χ4v) is 3.74. The van der Waals surface area contributed by atoms with E-state index in [1.54, 1.807) is 0 Å². The maximum Gasteiger partial charge on any atom is 0.0602 e. The molecule has 4 aromatic carbocycles. The van der Waals surface area contributed by atoms with E-state index in [0.717, 1.165) is 33.3 Å². The number of pyridine rings is 1. The molecule has 1 nitrogen and oxygen atoms in total. The Balaban J connectivity index is 0.00000128. The number of rotatable bonds is 3. The van der Waals surface area contributed by atoms with Crippen LogP contribution in [0.15, 0.2) is 109 Å². The Morgan fingerprint density at radius 3 is 1.77 bits per heavy atom. The number of aromatic nitrogens is 1. The molecule has 1 aromatic heterocycles. The van der Waals surface area contributed by atoms with Gasteiger partial charge in [-0.05, 0) is 34.0 Å². The molecule has 1 radical (unpaired) electrons. The summed E-state index contributed by atoms with van der Waals surface area (Å²) in [6, 6.07) is 40.9. The molecule has 0 spiro atoms. The molecule has 30 heavy (non-hydrogen) atoms. The zero-order valence-electron chi connectivity index (χ0n) is 16.7. The smallest absolute Gasteiger partial charge is 0.0602 e. The van der Waals surface area contributed by atoms with Gasteiger partial charge in [-0.15, -0.1) is 35.9 Å². The van der Waals surface area contributed by atoms with Crippen molar-refractivity contribution in [2.45, 2.75) is 0 Å². The van der Waals surface area contributed by atoms with Crippen molar-refractivity contribution in [3.63, 3.8) is 0 Å². The number of hydrogen-bond acceptors (Lipinski definition) is 1. The van der Waals surface area contributed by atoms with Crippen LogP contribution in [0.25, 0.3) is 44.4 Å². The van der Waals surface area contributed by atoms with Crippen molar-refractivity contribution in [1.29, 1.82) is 0 Å². The van der Waals surface area contributed by atoms with Crippen LogP contribution in [0.4, 0.5) is 0 Å². The maximum atomic E-state index is 5.08. The van der Waals surface area contributed by atoms with Crippen molar-refractivity contribution < 1.29 is 20.1 Å². The van der Waals surface area contributed by atoms with E-state index in [0.29, 0.717) is 0 Å². The minimum Gasteiger partial charge on any atom is -0.358 e. The van der Waals surface area contributed by atoms with Gasteiger partial charge in [0, 0.05) is 25.5 Å². The van der Waals surface area contributed by atoms with E-state index >= 15 is 0 Å². The van der Waals surface area contributed by atoms with E-state index in [-0.39, 0.29) is 27.5 Å². The SMILES string of the molecule is [CH3-].[Ir].[c-]1ccccc1-c1nc2ccccc2c(-c2ccccc2)c1-c1ccccc1. The van der Waals surface area contributed by atoms with E-state index in [9.17, 15) is 0 Å². The first-order valence-electron chi connectivity index (χ1n) is 9.42. The zero-order valence-corrected chi connectivity index (χ0v) is 19.1. The third kappa shape index (κ3) is 3.98. The summed E-state index contributed by atoms with van der Waals surface area (Å²) in [5, 5.41) is 1.16. The van der Waals surface area contributed by atoms with Gasteiger partial charge in [-0.3, -0.25) is 4.98 Å². The van der Waals surface area contributed by atoms with Gasteiger partial charge in [0.05, 0.1) is 5.52 Å². The molecule has 0 atom stereocenters. The van der Waals surface area contributed by atoms with Gasteiger partial charge in [0.2, 0.25) is 0 Å². The van der Waals surface area contributed by atoms with Crippen molar-refractivity contribution in [3.05, 3.63) is 123 Å². The number of benzene rings is 4. The molecule has 0 fully saturated rings. The average Bonchev–Trinajstić information content (AvgIpc) is 2.79. The molecular weight excluding hydrogens is 543 g/mol. The Morgan fingerprint density at radius 2 is 1.13 bits per heavy atom. The van der Waals surface area contributed by atoms with Crippen molar-refractivity contribution in [2.24, 2.45) is 0 Å². The van der Waals surface area contributed by atoms with Gasteiger partial charge in [-0.25, -0.2) is 0 Å². The summed E-state index contributed by atoms with van der Waals surface area (Å²) in [6.07, 6.45) is 0. The number of nitrogens with zero attached hydrogens (tertiary/aromatic N) is 1. The molecular formula is C28H21IrN-2. The summed E-state index contributed by atoms with van der Waals surface area (Å²) >= 11 is 0. The van der Waals surface area contributed by atoms with Gasteiger partial charge in [0.1, 0.15) is 0 Å². The molecule has 0 saturated carbocycles. The summed E-state index contributed by atoms with van der Waals surface area (Å²) in [5.74, 6) is 0. The van der Waals surface area contributed by atoms with Crippen LogP contribution in [0.1, 0.15) is 0 Å². The maximum absolute atomic E-state index is 5.08. The molecule has 149 valence electrons. The van der Waals surface area contributed by atoms with E-state index in [1.165, 1.54) is 11.1 Å². The van der Waals surface area contributed by atoms with Crippen LogP contribution in [0.5, 0.6) is 0 Å². The largest absolute Gasteiger partial charge is 0.358 e. The van der Waals surface area contributed by atoms with Gasteiger partial charge in [0.25, 0.3) is 0 Å². The summed E-state index contributed by atoms with van der Waals surface area (Å²) in [4.78, 5) is 5.08. The molecule has 1 heterocycles. The topological polar surface area (TPSA) is 12.9 Å². The molecule has 0 unspecified atom stereocenters. The summed E-state index contributed by atoms with van der Waals surface area (Å²) < 4.78 is 0. The Hall–Kier alpha value is -3.06. The third-order valence-corrected chi connectivity index (χ3v) is 4.98. The summed E-state index contributed by atoms with van der Waals surface area (Å²) in [6.45, 7) is 0. The van der Waals surface area contributed by atoms with Crippen molar-refractivity contribution in [2.75, 3.05) is 0 Å². The molecule has 0 N–H and O–H groups in total. The minimum atomic E-state index is 0. The second-order valence-corrected chi connectivity index (χ2v) is 6.74. The standard InChI is InChI=1S/C27H18N.CH3.Ir/c1-4-12-20(13-5-1)25-23-18-10-11-19-24(23)28-27(22-16-8-3-9-17-22)26(25)21-14-6-2-7-15-21;;/h1-16,18-19H;1H3;/q2*-1;. The van der Waals surface area contributed by atoms with Gasteiger partial charge >= 0.3 is 0 Å². The van der Waals surface area contributed by atoms with Gasteiger partial charge in [0.15, 0.2) is 0 Å². The molecule has 5 rings (SSSR count). The molecule has 0 aliphatic heterocycles. The molecule has 0 aliphatic rings. The van der Waals surface area contributed by atoms with Crippen LogP contribution >= 0.6 is 0 Å². The average molecular weight is 564 g/mol. The normalized spacial score (nSPS) is 10.1. The molecule has 0 bridgehead atoms. The first-order valence-corrected chi connectivity index (χ1v) is 9.42. The fourth-order valence-electron chi connectivity index (χ4n) is 3.74. The first kappa shape index (κ1) is 21.6. The third-order valence-electron chi connectivity index (χ3n) is 4.98. The van der Waals surface area contributed by atoms with E-state index < -0.39 is 0 Å². The predicted octanol–water partition coefficient (Wildman–Crippen LogP) is 7.48. The number of hydrogen-bond donors (Lipinski definition) is 0. The molecule has 5 aromatic rings. The Kier molecular flexibility index (Phi) is 6.94. The number of fused-ring (bicyclic) bond motifs is 1. The quantitative estimate of drug-likeness (QED) is 0.207. The van der Waals surface area contributed by atoms with Crippen LogP contribution in [0.2, 0.25) is 0 Å². The Labute approximate surface area is 191 Å². The molecule has 2 heteroatoms. The van der Waals surface area contributed by atoms with E-state index in [4.69, 9.17) is 4.98 Å². The first-order chi connectivity index (χ1) is 13.9. The van der Waals surface area contributed by atoms with Crippen LogP contribution < -0.4 is 0 Å². The monoisotopic (exact) mass is 564 g/mol. The second kappa shape index (κ2) is 9.63. The molecule has 0 amide bonds. The van der Waals surface area contributed by atoms with E-state index in [2.05, 4.69) is 91.0 Å². The van der Waals surface area contributed by atoms with Crippen LogP contribution in [0.3, 0.4) is 0 Å². The minimum absolute atomic E-state index is 0. The van der Waals surface area contributed by atoms with Gasteiger partial charge in [-0.2, -0.15) is 0 Å². The van der Waals surface area contributed by atoms with Crippen LogP contribution in [0, 0.1) is 13.5 Å². The Morgan fingerprint density at radius 1 is 0.567 bits per heavy atom. The summed E-state index contributed by atoms with van der Waals surface area (Å²) in [5.41, 5.74) is 7.67. The van der Waals surface area contributed by atoms with E-state index in [1.807, 2.05) is 24.3 Å². The summed E-state index contributed by atoms with van der Waals surface area (Å²) in [7, 11) is 0. The Bertz CT molecular complexity index is 1230. The zero-order chi connectivity index (χ0) is 18.8. The van der Waals surface area contributed by atoms with Crippen LogP contribution in [-0.4, -0.2) is 4.98 Å². The number of para-hydroxylation sites is 1. The van der Waals surface area contributed by atoms with Crippen molar-refractivity contribution >= 4 is 10.9 Å². The predicted molar refractivity (Wildman–Crippen MR) is 123 cm³/mol. The van der Waals surface area contributed by atoms with Gasteiger partial charge in [-0.1, -0.05) is 78.9 Å². The van der Waals surface area contributed by atoms with Gasteiger partial charge < -0.3 is 7.43 Å². The van der Waals surface area contributed by atoms with Crippen LogP contribution in [-0.2, 0) is 20.1 Å². The fraction of sp³-hybridized carbons (Fsp3) is 0. The molecule has 0 saturated heterocycles. The molecule has 0 aliphatic carbocycles.